The Morgan fingerprint density at radius 1 is 1.27 bits per heavy atom. The molecule has 2 bridgehead atoms. The van der Waals surface area contributed by atoms with Crippen LogP contribution in [0.25, 0.3) is 6.08 Å². The molecule has 3 heteroatoms. The standard InChI is InChI=1S/C27H38O3/c1-4-5-6-12-23(28)15-14-20-17-22-18-25(27(22,2)3)24(20)13-8-10-19-9-7-11-21(16-19)26(29)30/h7-11,14-16,20,22-25,28H,4-6,12-13,17-18H2,1-3H3,(H,29,30)/b10-8+,15-14+/t20?,22-,23-,24+,25-/m0/s1. The van der Waals surface area contributed by atoms with E-state index in [0.717, 1.165) is 36.7 Å². The zero-order chi connectivity index (χ0) is 21.7. The number of hydrogen-bond acceptors (Lipinski definition) is 2. The molecule has 0 saturated heterocycles. The lowest BCUT2D eigenvalue weighted by Crippen LogP contribution is -2.55. The van der Waals surface area contributed by atoms with E-state index in [2.05, 4.69) is 39.0 Å². The molecule has 3 aliphatic rings. The second-order valence-electron chi connectivity index (χ2n) is 9.94. The number of rotatable bonds is 10. The number of aliphatic hydroxyl groups is 1. The molecule has 0 aromatic heterocycles. The first-order valence-corrected chi connectivity index (χ1v) is 11.7. The maximum absolute atomic E-state index is 11.2. The van der Waals surface area contributed by atoms with Crippen LogP contribution in [0.2, 0.25) is 0 Å². The van der Waals surface area contributed by atoms with Crippen LogP contribution in [0.3, 0.4) is 0 Å². The number of hydrogen-bond donors (Lipinski definition) is 2. The van der Waals surface area contributed by atoms with Crippen molar-refractivity contribution in [3.8, 4) is 0 Å². The lowest BCUT2D eigenvalue weighted by molar-refractivity contribution is -0.123. The quantitative estimate of drug-likeness (QED) is 0.338. The van der Waals surface area contributed by atoms with Crippen LogP contribution >= 0.6 is 0 Å². The van der Waals surface area contributed by atoms with E-state index in [1.807, 2.05) is 12.1 Å². The molecule has 3 fully saturated rings. The van der Waals surface area contributed by atoms with Gasteiger partial charge in [-0.15, -0.1) is 0 Å². The predicted molar refractivity (Wildman–Crippen MR) is 123 cm³/mol. The van der Waals surface area contributed by atoms with Crippen molar-refractivity contribution in [2.45, 2.75) is 71.8 Å². The van der Waals surface area contributed by atoms with Gasteiger partial charge in [0, 0.05) is 0 Å². The minimum atomic E-state index is -0.887. The summed E-state index contributed by atoms with van der Waals surface area (Å²) in [4.78, 5) is 11.2. The topological polar surface area (TPSA) is 57.5 Å². The average molecular weight is 411 g/mol. The number of aromatic carboxylic acids is 1. The van der Waals surface area contributed by atoms with Gasteiger partial charge < -0.3 is 10.2 Å². The zero-order valence-corrected chi connectivity index (χ0v) is 18.8. The summed E-state index contributed by atoms with van der Waals surface area (Å²) in [6, 6.07) is 7.11. The van der Waals surface area contributed by atoms with Gasteiger partial charge >= 0.3 is 5.97 Å². The fourth-order valence-corrected chi connectivity index (χ4v) is 5.65. The summed E-state index contributed by atoms with van der Waals surface area (Å²) >= 11 is 0. The predicted octanol–water partition coefficient (Wildman–Crippen LogP) is 6.58. The molecular formula is C27H38O3. The Morgan fingerprint density at radius 2 is 2.07 bits per heavy atom. The van der Waals surface area contributed by atoms with Gasteiger partial charge in [-0.1, -0.05) is 76.5 Å². The minimum absolute atomic E-state index is 0.322. The molecule has 164 valence electrons. The van der Waals surface area contributed by atoms with Crippen LogP contribution in [0, 0.1) is 29.1 Å². The normalized spacial score (nSPS) is 28.5. The molecule has 5 atom stereocenters. The van der Waals surface area contributed by atoms with Crippen molar-refractivity contribution in [1.82, 2.24) is 0 Å². The van der Waals surface area contributed by atoms with Crippen molar-refractivity contribution in [1.29, 1.82) is 0 Å². The Balaban J connectivity index is 1.65. The summed E-state index contributed by atoms with van der Waals surface area (Å²) < 4.78 is 0. The first-order valence-electron chi connectivity index (χ1n) is 11.7. The van der Waals surface area contributed by atoms with E-state index in [1.165, 1.54) is 25.7 Å². The molecule has 0 aliphatic heterocycles. The Labute approximate surface area is 181 Å². The Kier molecular flexibility index (Phi) is 7.57. The maximum atomic E-state index is 11.2. The van der Waals surface area contributed by atoms with Crippen molar-refractivity contribution >= 4 is 12.0 Å². The van der Waals surface area contributed by atoms with Gasteiger partial charge in [-0.25, -0.2) is 4.79 Å². The highest BCUT2D eigenvalue weighted by atomic mass is 16.4. The van der Waals surface area contributed by atoms with Crippen molar-refractivity contribution in [2.75, 3.05) is 0 Å². The van der Waals surface area contributed by atoms with E-state index < -0.39 is 5.97 Å². The first-order chi connectivity index (χ1) is 14.3. The van der Waals surface area contributed by atoms with Crippen molar-refractivity contribution in [2.24, 2.45) is 29.1 Å². The number of allylic oxidation sites excluding steroid dienone is 2. The Morgan fingerprint density at radius 3 is 2.77 bits per heavy atom. The fourth-order valence-electron chi connectivity index (χ4n) is 5.65. The molecule has 0 heterocycles. The molecule has 3 saturated carbocycles. The molecule has 0 radical (unpaired) electrons. The lowest BCUT2D eigenvalue weighted by Gasteiger charge is -2.62. The Bertz CT molecular complexity index is 776. The van der Waals surface area contributed by atoms with Crippen LogP contribution in [-0.4, -0.2) is 22.3 Å². The van der Waals surface area contributed by atoms with Gasteiger partial charge in [-0.05, 0) is 72.5 Å². The van der Waals surface area contributed by atoms with Gasteiger partial charge in [0.2, 0.25) is 0 Å². The van der Waals surface area contributed by atoms with Gasteiger partial charge in [0.1, 0.15) is 0 Å². The van der Waals surface area contributed by atoms with E-state index in [4.69, 9.17) is 0 Å². The highest BCUT2D eigenvalue weighted by Crippen LogP contribution is 2.64. The largest absolute Gasteiger partial charge is 0.478 e. The summed E-state index contributed by atoms with van der Waals surface area (Å²) in [7, 11) is 0. The smallest absolute Gasteiger partial charge is 0.335 e. The second kappa shape index (κ2) is 9.96. The lowest BCUT2D eigenvalue weighted by atomic mass is 9.43. The summed E-state index contributed by atoms with van der Waals surface area (Å²) in [6.07, 6.45) is 16.2. The number of carbonyl (C=O) groups is 1. The van der Waals surface area contributed by atoms with E-state index >= 15 is 0 Å². The van der Waals surface area contributed by atoms with Crippen molar-refractivity contribution in [3.05, 3.63) is 53.6 Å². The van der Waals surface area contributed by atoms with E-state index in [9.17, 15) is 15.0 Å². The first kappa shape index (κ1) is 22.8. The van der Waals surface area contributed by atoms with Crippen molar-refractivity contribution in [3.63, 3.8) is 0 Å². The molecule has 4 rings (SSSR count). The minimum Gasteiger partial charge on any atom is -0.478 e. The maximum Gasteiger partial charge on any atom is 0.335 e. The summed E-state index contributed by atoms with van der Waals surface area (Å²) in [5, 5.41) is 19.5. The zero-order valence-electron chi connectivity index (χ0n) is 18.8. The van der Waals surface area contributed by atoms with Crippen LogP contribution in [0.1, 0.15) is 81.6 Å². The SMILES string of the molecule is CCCCC[C@H](O)/C=C/C1C[C@H]2C[C@@H]([C@@H]1C/C=C/c1cccc(C(=O)O)c1)C2(C)C. The average Bonchev–Trinajstić information content (AvgIpc) is 2.72. The second-order valence-corrected chi connectivity index (χ2v) is 9.94. The molecule has 2 N–H and O–H groups in total. The van der Waals surface area contributed by atoms with Crippen LogP contribution < -0.4 is 0 Å². The number of carboxylic acid groups (broad SMARTS) is 1. The highest BCUT2D eigenvalue weighted by Gasteiger charge is 2.56. The van der Waals surface area contributed by atoms with Gasteiger partial charge in [-0.2, -0.15) is 0 Å². The van der Waals surface area contributed by atoms with Gasteiger partial charge in [0.25, 0.3) is 0 Å². The van der Waals surface area contributed by atoms with Gasteiger partial charge in [0.15, 0.2) is 0 Å². The molecule has 1 unspecified atom stereocenters. The van der Waals surface area contributed by atoms with E-state index in [1.54, 1.807) is 18.2 Å². The van der Waals surface area contributed by atoms with Crippen LogP contribution in [-0.2, 0) is 0 Å². The number of fused-ring (bicyclic) bond motifs is 2. The molecular weight excluding hydrogens is 372 g/mol. The number of benzene rings is 1. The van der Waals surface area contributed by atoms with Crippen LogP contribution in [0.5, 0.6) is 0 Å². The van der Waals surface area contributed by atoms with E-state index in [-0.39, 0.29) is 6.10 Å². The molecule has 30 heavy (non-hydrogen) atoms. The number of carboxylic acids is 1. The molecule has 0 spiro atoms. The summed E-state index contributed by atoms with van der Waals surface area (Å²) in [5.74, 6) is 1.74. The monoisotopic (exact) mass is 410 g/mol. The summed E-state index contributed by atoms with van der Waals surface area (Å²) in [6.45, 7) is 7.02. The highest BCUT2D eigenvalue weighted by molar-refractivity contribution is 5.88. The van der Waals surface area contributed by atoms with Gasteiger partial charge in [0.05, 0.1) is 11.7 Å². The number of aliphatic hydroxyl groups excluding tert-OH is 1. The Hall–Kier alpha value is -1.87. The van der Waals surface area contributed by atoms with Crippen LogP contribution in [0.15, 0.2) is 42.5 Å². The van der Waals surface area contributed by atoms with Crippen LogP contribution in [0.4, 0.5) is 0 Å². The van der Waals surface area contributed by atoms with Crippen molar-refractivity contribution < 1.29 is 15.0 Å². The number of unbranched alkanes of at least 4 members (excludes halogenated alkanes) is 2. The third kappa shape index (κ3) is 5.24. The summed E-state index contributed by atoms with van der Waals surface area (Å²) in [5.41, 5.74) is 1.68. The van der Waals surface area contributed by atoms with Gasteiger partial charge in [-0.3, -0.25) is 0 Å². The fraction of sp³-hybridized carbons (Fsp3) is 0.593. The molecule has 3 aliphatic carbocycles. The molecule has 0 amide bonds. The molecule has 3 nitrogen and oxygen atoms in total. The third-order valence-corrected chi connectivity index (χ3v) is 7.71. The van der Waals surface area contributed by atoms with E-state index in [0.29, 0.717) is 22.8 Å². The molecule has 1 aromatic carbocycles. The molecule has 1 aromatic rings. The third-order valence-electron chi connectivity index (χ3n) is 7.71.